The Morgan fingerprint density at radius 3 is 2.71 bits per heavy atom. The van der Waals surface area contributed by atoms with E-state index in [1.807, 2.05) is 33.8 Å². The van der Waals surface area contributed by atoms with Gasteiger partial charge in [-0.3, -0.25) is 0 Å². The summed E-state index contributed by atoms with van der Waals surface area (Å²) in [4.78, 5) is 21.2. The van der Waals surface area contributed by atoms with Crippen LogP contribution >= 0.6 is 0 Å². The highest BCUT2D eigenvalue weighted by atomic mass is 16.5. The number of rotatable bonds is 4. The molecule has 0 fully saturated rings. The first kappa shape index (κ1) is 16.2. The van der Waals surface area contributed by atoms with Crippen LogP contribution in [0.25, 0.3) is 17.0 Å². The zero-order valence-corrected chi connectivity index (χ0v) is 14.5. The Morgan fingerprint density at radius 1 is 1.33 bits per heavy atom. The number of hydrogen-bond donors (Lipinski definition) is 0. The third-order valence-electron chi connectivity index (χ3n) is 3.69. The van der Waals surface area contributed by atoms with E-state index in [2.05, 4.69) is 15.1 Å². The molecule has 24 heavy (non-hydrogen) atoms. The summed E-state index contributed by atoms with van der Waals surface area (Å²) in [5.41, 5.74) is 2.97. The summed E-state index contributed by atoms with van der Waals surface area (Å²) in [7, 11) is 0. The fourth-order valence-corrected chi connectivity index (χ4v) is 2.49. The number of esters is 1. The normalized spacial score (nSPS) is 11.4. The number of nitrogens with zero attached hydrogens (tertiary/aromatic N) is 4. The summed E-state index contributed by atoms with van der Waals surface area (Å²) in [5, 5.41) is 4.22. The van der Waals surface area contributed by atoms with Gasteiger partial charge >= 0.3 is 5.97 Å². The maximum atomic E-state index is 12.1. The monoisotopic (exact) mass is 328 g/mol. The minimum atomic E-state index is -0.434. The van der Waals surface area contributed by atoms with Crippen LogP contribution in [0.4, 0.5) is 0 Å². The minimum Gasteiger partial charge on any atom is -0.462 e. The van der Waals surface area contributed by atoms with Gasteiger partial charge in [-0.1, -0.05) is 13.8 Å². The second-order valence-corrected chi connectivity index (χ2v) is 5.91. The quantitative estimate of drug-likeness (QED) is 0.683. The second kappa shape index (κ2) is 6.07. The Hall–Kier alpha value is -2.70. The van der Waals surface area contributed by atoms with Crippen molar-refractivity contribution in [2.45, 2.75) is 40.5 Å². The molecule has 0 spiro atoms. The molecule has 0 aliphatic heterocycles. The van der Waals surface area contributed by atoms with Gasteiger partial charge in [0, 0.05) is 11.6 Å². The fraction of sp³-hybridized carbons (Fsp3) is 0.412. The molecule has 7 heteroatoms. The molecule has 0 unspecified atom stereocenters. The van der Waals surface area contributed by atoms with Crippen LogP contribution in [0.1, 0.15) is 54.4 Å². The summed E-state index contributed by atoms with van der Waals surface area (Å²) < 4.78 is 12.4. The van der Waals surface area contributed by atoms with Gasteiger partial charge in [0.2, 0.25) is 0 Å². The van der Waals surface area contributed by atoms with E-state index in [4.69, 9.17) is 9.15 Å². The third-order valence-corrected chi connectivity index (χ3v) is 3.69. The molecule has 0 saturated heterocycles. The fourth-order valence-electron chi connectivity index (χ4n) is 2.49. The third kappa shape index (κ3) is 2.66. The first-order chi connectivity index (χ1) is 11.4. The topological polar surface area (TPSA) is 82.5 Å². The van der Waals surface area contributed by atoms with Crippen molar-refractivity contribution in [3.05, 3.63) is 35.2 Å². The molecule has 0 radical (unpaired) electrons. The minimum absolute atomic E-state index is 0.187. The molecule has 7 nitrogen and oxygen atoms in total. The molecule has 0 aliphatic rings. The lowest BCUT2D eigenvalue weighted by molar-refractivity contribution is 0.0528. The maximum Gasteiger partial charge on any atom is 0.343 e. The first-order valence-corrected chi connectivity index (χ1v) is 7.92. The van der Waals surface area contributed by atoms with Crippen LogP contribution in [-0.2, 0) is 4.74 Å². The van der Waals surface area contributed by atoms with E-state index in [9.17, 15) is 4.79 Å². The molecular weight excluding hydrogens is 308 g/mol. The second-order valence-electron chi connectivity index (χ2n) is 5.91. The smallest absolute Gasteiger partial charge is 0.343 e. The molecule has 3 aromatic rings. The summed E-state index contributed by atoms with van der Waals surface area (Å²) in [6.07, 6.45) is 1.48. The van der Waals surface area contributed by atoms with E-state index in [0.717, 1.165) is 5.69 Å². The van der Waals surface area contributed by atoms with E-state index >= 15 is 0 Å². The lowest BCUT2D eigenvalue weighted by Gasteiger charge is -2.04. The van der Waals surface area contributed by atoms with Crippen molar-refractivity contribution in [1.82, 2.24) is 19.6 Å². The number of carbonyl (C=O) groups is 1. The molecule has 0 atom stereocenters. The molecule has 0 aliphatic carbocycles. The van der Waals surface area contributed by atoms with Crippen molar-refractivity contribution in [2.75, 3.05) is 6.61 Å². The maximum absolute atomic E-state index is 12.1. The number of carbonyl (C=O) groups excluding carboxylic acids is 1. The molecule has 0 aromatic carbocycles. The zero-order valence-electron chi connectivity index (χ0n) is 14.5. The summed E-state index contributed by atoms with van der Waals surface area (Å²) >= 11 is 0. The van der Waals surface area contributed by atoms with E-state index in [1.165, 1.54) is 6.20 Å². The summed E-state index contributed by atoms with van der Waals surface area (Å²) in [6, 6.07) is 1.88. The van der Waals surface area contributed by atoms with Gasteiger partial charge in [0.05, 0.1) is 18.5 Å². The van der Waals surface area contributed by atoms with E-state index in [0.29, 0.717) is 40.9 Å². The van der Waals surface area contributed by atoms with Crippen molar-refractivity contribution >= 4 is 11.6 Å². The van der Waals surface area contributed by atoms with Gasteiger partial charge in [-0.2, -0.15) is 5.10 Å². The molecule has 3 aromatic heterocycles. The standard InChI is InChI=1S/C17H20N4O3/c1-6-23-17(22)12-8-18-21-10(4)7-13(19-15(12)21)14-11(5)24-16(20-14)9(2)3/h7-9H,6H2,1-5H3. The van der Waals surface area contributed by atoms with E-state index < -0.39 is 5.97 Å². The van der Waals surface area contributed by atoms with Crippen molar-refractivity contribution < 1.29 is 13.9 Å². The molecule has 3 heterocycles. The van der Waals surface area contributed by atoms with Crippen LogP contribution in [0, 0.1) is 13.8 Å². The SMILES string of the molecule is CCOC(=O)c1cnn2c(C)cc(-c3nc(C(C)C)oc3C)nc12. The molecular formula is C17H20N4O3. The van der Waals surface area contributed by atoms with Crippen LogP contribution in [0.2, 0.25) is 0 Å². The number of oxazole rings is 1. The summed E-state index contributed by atoms with van der Waals surface area (Å²) in [5.74, 6) is 1.12. The van der Waals surface area contributed by atoms with Crippen LogP contribution in [0.5, 0.6) is 0 Å². The van der Waals surface area contributed by atoms with Crippen LogP contribution < -0.4 is 0 Å². The molecule has 0 N–H and O–H groups in total. The number of aryl methyl sites for hydroxylation is 2. The van der Waals surface area contributed by atoms with Crippen LogP contribution in [0.3, 0.4) is 0 Å². The Balaban J connectivity index is 2.16. The molecule has 0 bridgehead atoms. The largest absolute Gasteiger partial charge is 0.462 e. The van der Waals surface area contributed by atoms with E-state index in [-0.39, 0.29) is 5.92 Å². The van der Waals surface area contributed by atoms with Crippen molar-refractivity contribution in [3.63, 3.8) is 0 Å². The lowest BCUT2D eigenvalue weighted by atomic mass is 10.2. The average Bonchev–Trinajstić information content (AvgIpc) is 3.11. The van der Waals surface area contributed by atoms with Gasteiger partial charge in [0.15, 0.2) is 11.5 Å². The van der Waals surface area contributed by atoms with E-state index in [1.54, 1.807) is 11.4 Å². The number of fused-ring (bicyclic) bond motifs is 1. The number of aromatic nitrogens is 4. The number of ether oxygens (including phenoxy) is 1. The first-order valence-electron chi connectivity index (χ1n) is 7.92. The van der Waals surface area contributed by atoms with Crippen molar-refractivity contribution in [3.8, 4) is 11.4 Å². The van der Waals surface area contributed by atoms with Crippen molar-refractivity contribution in [2.24, 2.45) is 0 Å². The highest BCUT2D eigenvalue weighted by Crippen LogP contribution is 2.27. The zero-order chi connectivity index (χ0) is 17.4. The van der Waals surface area contributed by atoms with Crippen molar-refractivity contribution in [1.29, 1.82) is 0 Å². The Kier molecular flexibility index (Phi) is 4.09. The van der Waals surface area contributed by atoms with Crippen LogP contribution in [0.15, 0.2) is 16.7 Å². The molecule has 126 valence electrons. The molecule has 0 amide bonds. The van der Waals surface area contributed by atoms with Gasteiger partial charge in [-0.25, -0.2) is 19.3 Å². The predicted molar refractivity (Wildman–Crippen MR) is 88.0 cm³/mol. The highest BCUT2D eigenvalue weighted by molar-refractivity contribution is 5.95. The Morgan fingerprint density at radius 2 is 2.08 bits per heavy atom. The van der Waals surface area contributed by atoms with Gasteiger partial charge in [-0.05, 0) is 26.8 Å². The lowest BCUT2D eigenvalue weighted by Crippen LogP contribution is -2.06. The Bertz CT molecular complexity index is 908. The Labute approximate surface area is 139 Å². The highest BCUT2D eigenvalue weighted by Gasteiger charge is 2.20. The predicted octanol–water partition coefficient (Wildman–Crippen LogP) is 3.30. The molecule has 0 saturated carbocycles. The van der Waals surface area contributed by atoms with Gasteiger partial charge in [0.1, 0.15) is 17.0 Å². The number of hydrogen-bond acceptors (Lipinski definition) is 6. The average molecular weight is 328 g/mol. The van der Waals surface area contributed by atoms with Crippen LogP contribution in [-0.4, -0.2) is 32.2 Å². The summed E-state index contributed by atoms with van der Waals surface area (Å²) in [6.45, 7) is 9.87. The molecule has 3 rings (SSSR count). The van der Waals surface area contributed by atoms with Gasteiger partial charge < -0.3 is 9.15 Å². The van der Waals surface area contributed by atoms with Gasteiger partial charge in [-0.15, -0.1) is 0 Å². The van der Waals surface area contributed by atoms with Gasteiger partial charge in [0.25, 0.3) is 0 Å².